The average Bonchev–Trinajstić information content (AvgIpc) is 2.51. The molecule has 1 unspecified atom stereocenters. The van der Waals surface area contributed by atoms with E-state index in [-0.39, 0.29) is 5.60 Å². The second-order valence-electron chi connectivity index (χ2n) is 6.36. The van der Waals surface area contributed by atoms with Crippen molar-refractivity contribution < 1.29 is 4.74 Å². The van der Waals surface area contributed by atoms with Gasteiger partial charge in [0.1, 0.15) is 0 Å². The molecule has 1 aliphatic rings. The smallest absolute Gasteiger partial charge is 0.0838 e. The number of aromatic nitrogens is 1. The summed E-state index contributed by atoms with van der Waals surface area (Å²) in [6.45, 7) is 8.44. The summed E-state index contributed by atoms with van der Waals surface area (Å²) in [5, 5.41) is 3.69. The van der Waals surface area contributed by atoms with Crippen molar-refractivity contribution in [3.63, 3.8) is 0 Å². The summed E-state index contributed by atoms with van der Waals surface area (Å²) in [6, 6.07) is 4.57. The van der Waals surface area contributed by atoms with Crippen LogP contribution in [0.5, 0.6) is 0 Å². The van der Waals surface area contributed by atoms with Crippen molar-refractivity contribution in [3.8, 4) is 0 Å². The van der Waals surface area contributed by atoms with Crippen LogP contribution in [0.1, 0.15) is 52.0 Å². The number of hydrogen-bond acceptors (Lipinski definition) is 3. The highest BCUT2D eigenvalue weighted by atomic mass is 16.5. The van der Waals surface area contributed by atoms with Gasteiger partial charge < -0.3 is 10.1 Å². The fourth-order valence-corrected chi connectivity index (χ4v) is 3.58. The van der Waals surface area contributed by atoms with Crippen molar-refractivity contribution in [3.05, 3.63) is 30.1 Å². The molecule has 0 spiro atoms. The van der Waals surface area contributed by atoms with Gasteiger partial charge in [-0.25, -0.2) is 0 Å². The number of hydrogen-bond donors (Lipinski definition) is 1. The molecule has 21 heavy (non-hydrogen) atoms. The van der Waals surface area contributed by atoms with Gasteiger partial charge in [-0.15, -0.1) is 0 Å². The van der Waals surface area contributed by atoms with E-state index in [1.165, 1.54) is 31.2 Å². The van der Waals surface area contributed by atoms with Crippen LogP contribution >= 0.6 is 0 Å². The highest BCUT2D eigenvalue weighted by molar-refractivity contribution is 5.13. The number of likely N-dealkylation sites (N-methyl/N-ethyl adjacent to an activating group) is 1. The number of ether oxygens (including phenoxy) is 1. The van der Waals surface area contributed by atoms with Gasteiger partial charge in [-0.2, -0.15) is 0 Å². The van der Waals surface area contributed by atoms with Crippen LogP contribution in [0.25, 0.3) is 0 Å². The zero-order valence-corrected chi connectivity index (χ0v) is 13.8. The molecule has 1 aliphatic carbocycles. The fourth-order valence-electron chi connectivity index (χ4n) is 3.58. The summed E-state index contributed by atoms with van der Waals surface area (Å²) in [4.78, 5) is 4.26. The summed E-state index contributed by atoms with van der Waals surface area (Å²) < 4.78 is 6.32. The molecule has 0 aromatic carbocycles. The van der Waals surface area contributed by atoms with Crippen molar-refractivity contribution in [1.82, 2.24) is 10.3 Å². The maximum absolute atomic E-state index is 6.32. The zero-order valence-electron chi connectivity index (χ0n) is 13.8. The van der Waals surface area contributed by atoms with Crippen molar-refractivity contribution in [2.45, 2.75) is 64.5 Å². The molecule has 1 aromatic heterocycles. The Morgan fingerprint density at radius 1 is 1.38 bits per heavy atom. The topological polar surface area (TPSA) is 34.2 Å². The molecular weight excluding hydrogens is 260 g/mol. The predicted octanol–water partition coefficient (Wildman–Crippen LogP) is 3.59. The van der Waals surface area contributed by atoms with Gasteiger partial charge in [0.15, 0.2) is 0 Å². The van der Waals surface area contributed by atoms with E-state index < -0.39 is 0 Å². The SMILES string of the molecule is CCNC(Cc1cccnc1)C1(OCC)CCC(C)CC1. The highest BCUT2D eigenvalue weighted by Crippen LogP contribution is 2.38. The molecular formula is C18H30N2O. The van der Waals surface area contributed by atoms with Crippen molar-refractivity contribution in [1.29, 1.82) is 0 Å². The first-order valence-corrected chi connectivity index (χ1v) is 8.46. The summed E-state index contributed by atoms with van der Waals surface area (Å²) in [5.41, 5.74) is 1.29. The molecule has 118 valence electrons. The normalized spacial score (nSPS) is 27.5. The third-order valence-electron chi connectivity index (χ3n) is 4.80. The minimum Gasteiger partial charge on any atom is -0.374 e. The van der Waals surface area contributed by atoms with Gasteiger partial charge >= 0.3 is 0 Å². The van der Waals surface area contributed by atoms with Gasteiger partial charge in [-0.05, 0) is 63.1 Å². The molecule has 0 amide bonds. The van der Waals surface area contributed by atoms with Gasteiger partial charge in [0.25, 0.3) is 0 Å². The quantitative estimate of drug-likeness (QED) is 0.833. The van der Waals surface area contributed by atoms with E-state index in [1.807, 2.05) is 18.5 Å². The summed E-state index contributed by atoms with van der Waals surface area (Å²) >= 11 is 0. The second kappa shape index (κ2) is 7.90. The van der Waals surface area contributed by atoms with Crippen molar-refractivity contribution in [2.75, 3.05) is 13.2 Å². The molecule has 0 bridgehead atoms. The van der Waals surface area contributed by atoms with E-state index in [9.17, 15) is 0 Å². The second-order valence-corrected chi connectivity index (χ2v) is 6.36. The van der Waals surface area contributed by atoms with Crippen molar-refractivity contribution in [2.24, 2.45) is 5.92 Å². The Balaban J connectivity index is 2.16. The molecule has 0 saturated heterocycles. The lowest BCUT2D eigenvalue weighted by Gasteiger charge is -2.45. The maximum atomic E-state index is 6.32. The Hall–Kier alpha value is -0.930. The van der Waals surface area contributed by atoms with E-state index >= 15 is 0 Å². The number of pyridine rings is 1. The summed E-state index contributed by atoms with van der Waals surface area (Å²) in [5.74, 6) is 0.833. The van der Waals surface area contributed by atoms with Gasteiger partial charge in [0.2, 0.25) is 0 Å². The monoisotopic (exact) mass is 290 g/mol. The lowest BCUT2D eigenvalue weighted by Crippen LogP contribution is -2.55. The predicted molar refractivity (Wildman–Crippen MR) is 87.4 cm³/mol. The van der Waals surface area contributed by atoms with Crippen LogP contribution in [0.15, 0.2) is 24.5 Å². The van der Waals surface area contributed by atoms with Gasteiger partial charge in [0, 0.05) is 25.0 Å². The van der Waals surface area contributed by atoms with Gasteiger partial charge in [-0.3, -0.25) is 4.98 Å². The van der Waals surface area contributed by atoms with Gasteiger partial charge in [-0.1, -0.05) is 19.9 Å². The number of rotatable bonds is 7. The molecule has 0 aliphatic heterocycles. The van der Waals surface area contributed by atoms with Crippen LogP contribution in [0.2, 0.25) is 0 Å². The number of nitrogens with zero attached hydrogens (tertiary/aromatic N) is 1. The van der Waals surface area contributed by atoms with E-state index in [2.05, 4.69) is 37.1 Å². The molecule has 1 heterocycles. The molecule has 1 saturated carbocycles. The van der Waals surface area contributed by atoms with E-state index in [4.69, 9.17) is 4.74 Å². The Labute approximate surface area is 129 Å². The molecule has 1 aromatic rings. The van der Waals surface area contributed by atoms with Crippen LogP contribution in [0, 0.1) is 5.92 Å². The van der Waals surface area contributed by atoms with Crippen LogP contribution in [-0.2, 0) is 11.2 Å². The minimum absolute atomic E-state index is 0.00683. The standard InChI is InChI=1S/C18H30N2O/c1-4-20-17(13-16-7-6-12-19-14-16)18(21-5-2)10-8-15(3)9-11-18/h6-7,12,14-15,17,20H,4-5,8-11,13H2,1-3H3. The van der Waals surface area contributed by atoms with E-state index in [0.29, 0.717) is 6.04 Å². The lowest BCUT2D eigenvalue weighted by atomic mass is 9.73. The number of nitrogens with one attached hydrogen (secondary N) is 1. The Bertz CT molecular complexity index is 399. The summed E-state index contributed by atoms with van der Waals surface area (Å²) in [6.07, 6.45) is 9.70. The Morgan fingerprint density at radius 3 is 2.71 bits per heavy atom. The van der Waals surface area contributed by atoms with E-state index in [1.54, 1.807) is 0 Å². The maximum Gasteiger partial charge on any atom is 0.0838 e. The third kappa shape index (κ3) is 4.27. The molecule has 1 atom stereocenters. The van der Waals surface area contributed by atoms with Gasteiger partial charge in [0.05, 0.1) is 5.60 Å². The zero-order chi connectivity index (χ0) is 15.1. The van der Waals surface area contributed by atoms with Crippen LogP contribution in [0.4, 0.5) is 0 Å². The summed E-state index contributed by atoms with van der Waals surface area (Å²) in [7, 11) is 0. The molecule has 1 fully saturated rings. The lowest BCUT2D eigenvalue weighted by molar-refractivity contribution is -0.0958. The Kier molecular flexibility index (Phi) is 6.19. The molecule has 2 rings (SSSR count). The molecule has 3 nitrogen and oxygen atoms in total. The van der Waals surface area contributed by atoms with Crippen LogP contribution in [0.3, 0.4) is 0 Å². The molecule has 0 radical (unpaired) electrons. The first kappa shape index (κ1) is 16.4. The van der Waals surface area contributed by atoms with Crippen LogP contribution in [-0.4, -0.2) is 29.8 Å². The van der Waals surface area contributed by atoms with Crippen molar-refractivity contribution >= 4 is 0 Å². The largest absolute Gasteiger partial charge is 0.374 e. The molecule has 1 N–H and O–H groups in total. The highest BCUT2D eigenvalue weighted by Gasteiger charge is 2.41. The minimum atomic E-state index is -0.00683. The average molecular weight is 290 g/mol. The first-order valence-electron chi connectivity index (χ1n) is 8.46. The van der Waals surface area contributed by atoms with E-state index in [0.717, 1.165) is 25.5 Å². The third-order valence-corrected chi connectivity index (χ3v) is 4.80. The van der Waals surface area contributed by atoms with Crippen LogP contribution < -0.4 is 5.32 Å². The fraction of sp³-hybridized carbons (Fsp3) is 0.722. The molecule has 3 heteroatoms. The first-order chi connectivity index (χ1) is 10.2. The Morgan fingerprint density at radius 2 is 2.14 bits per heavy atom.